The van der Waals surface area contributed by atoms with Crippen LogP contribution < -0.4 is 48.7 Å². The number of benzene rings is 3. The summed E-state index contributed by atoms with van der Waals surface area (Å²) >= 11 is 0. The van der Waals surface area contributed by atoms with Crippen LogP contribution in [0.5, 0.6) is 0 Å². The predicted octanol–water partition coefficient (Wildman–Crippen LogP) is 2.53. The van der Waals surface area contributed by atoms with Crippen molar-refractivity contribution < 1.29 is 28.8 Å². The molecule has 65 heavy (non-hydrogen) atoms. The van der Waals surface area contributed by atoms with E-state index in [9.17, 15) is 28.8 Å². The number of guanidine groups is 1. The van der Waals surface area contributed by atoms with Crippen molar-refractivity contribution in [1.82, 2.24) is 31.6 Å². The SMILES string of the molecule is CCCCC(=O)NC1(C(=O)NC(Cc2ccccc2)C(=O)NC(CCCN=C(N)N)C(=O)NC(Cc2c[nH]c3ccccc23)C(=O)NCC(N)=O)CCN(c2ccccc2C(C)C)CC1. The first-order valence-electron chi connectivity index (χ1n) is 22.5. The van der Waals surface area contributed by atoms with Crippen LogP contribution in [0.4, 0.5) is 5.69 Å². The predicted molar refractivity (Wildman–Crippen MR) is 252 cm³/mol. The minimum atomic E-state index is -1.33. The molecule has 4 aromatic rings. The normalized spacial score (nSPS) is 14.7. The molecule has 1 aliphatic rings. The highest BCUT2D eigenvalue weighted by Gasteiger charge is 2.44. The molecule has 3 aromatic carbocycles. The molecular weight excluding hydrogens is 827 g/mol. The molecule has 1 fully saturated rings. The van der Waals surface area contributed by atoms with Crippen LogP contribution >= 0.6 is 0 Å². The molecule has 17 nitrogen and oxygen atoms in total. The number of nitrogens with one attached hydrogen (secondary N) is 6. The Balaban J connectivity index is 1.43. The van der Waals surface area contributed by atoms with Gasteiger partial charge in [-0.25, -0.2) is 0 Å². The van der Waals surface area contributed by atoms with E-state index in [0.717, 1.165) is 34.1 Å². The van der Waals surface area contributed by atoms with Crippen LogP contribution in [0.25, 0.3) is 10.9 Å². The number of aromatic nitrogens is 1. The Morgan fingerprint density at radius 2 is 1.42 bits per heavy atom. The Kier molecular flexibility index (Phi) is 17.9. The van der Waals surface area contributed by atoms with Gasteiger partial charge in [-0.05, 0) is 66.8 Å². The highest BCUT2D eigenvalue weighted by molar-refractivity contribution is 5.98. The maximum atomic E-state index is 14.8. The lowest BCUT2D eigenvalue weighted by Crippen LogP contribution is -2.66. The molecule has 1 aliphatic heterocycles. The van der Waals surface area contributed by atoms with Gasteiger partial charge in [0, 0.05) is 61.7 Å². The van der Waals surface area contributed by atoms with Crippen molar-refractivity contribution in [2.75, 3.05) is 31.1 Å². The van der Waals surface area contributed by atoms with Gasteiger partial charge in [0.25, 0.3) is 0 Å². The van der Waals surface area contributed by atoms with E-state index in [1.807, 2.05) is 73.7 Å². The van der Waals surface area contributed by atoms with E-state index in [1.54, 1.807) is 6.20 Å². The summed E-state index contributed by atoms with van der Waals surface area (Å²) in [5, 5.41) is 15.1. The molecular formula is C48H65N11O6. The van der Waals surface area contributed by atoms with Gasteiger partial charge in [-0.2, -0.15) is 0 Å². The Hall–Kier alpha value is -6.91. The highest BCUT2D eigenvalue weighted by atomic mass is 16.2. The average molecular weight is 892 g/mol. The maximum Gasteiger partial charge on any atom is 0.246 e. The first-order valence-corrected chi connectivity index (χ1v) is 22.5. The number of piperidine rings is 1. The summed E-state index contributed by atoms with van der Waals surface area (Å²) < 4.78 is 0. The number of aliphatic imine (C=N–C) groups is 1. The van der Waals surface area contributed by atoms with E-state index in [1.165, 1.54) is 5.56 Å². The van der Waals surface area contributed by atoms with Crippen LogP contribution in [0.1, 0.15) is 88.3 Å². The van der Waals surface area contributed by atoms with Gasteiger partial charge in [-0.15, -0.1) is 0 Å². The fraction of sp³-hybridized carbons (Fsp3) is 0.438. The summed E-state index contributed by atoms with van der Waals surface area (Å²) in [6, 6.07) is 21.2. The minimum Gasteiger partial charge on any atom is -0.371 e. The summed E-state index contributed by atoms with van der Waals surface area (Å²) in [6.07, 6.45) is 4.42. The van der Waals surface area contributed by atoms with Crippen LogP contribution in [0.3, 0.4) is 0 Å². The number of fused-ring (bicyclic) bond motifs is 1. The molecule has 2 heterocycles. The summed E-state index contributed by atoms with van der Waals surface area (Å²) in [6.45, 7) is 6.90. The third-order valence-electron chi connectivity index (χ3n) is 11.7. The van der Waals surface area contributed by atoms with Crippen LogP contribution in [0.2, 0.25) is 0 Å². The zero-order valence-corrected chi connectivity index (χ0v) is 37.7. The second kappa shape index (κ2) is 23.7. The second-order valence-electron chi connectivity index (χ2n) is 17.0. The van der Waals surface area contributed by atoms with Gasteiger partial charge in [-0.3, -0.25) is 33.8 Å². The maximum absolute atomic E-state index is 14.8. The minimum absolute atomic E-state index is 0.0360. The molecule has 0 spiro atoms. The number of primary amides is 1. The Morgan fingerprint density at radius 3 is 2.11 bits per heavy atom. The zero-order valence-electron chi connectivity index (χ0n) is 37.7. The van der Waals surface area contributed by atoms with Gasteiger partial charge in [0.1, 0.15) is 23.7 Å². The number of nitrogens with two attached hydrogens (primary N) is 3. The topological polar surface area (TPSA) is 272 Å². The molecule has 3 atom stereocenters. The van der Waals surface area contributed by atoms with Crippen LogP contribution in [0, 0.1) is 0 Å². The number of carbonyl (C=O) groups is 6. The molecule has 0 aliphatic carbocycles. The molecule has 3 unspecified atom stereocenters. The molecule has 0 radical (unpaired) electrons. The van der Waals surface area contributed by atoms with Gasteiger partial charge in [-0.1, -0.05) is 93.9 Å². The third-order valence-corrected chi connectivity index (χ3v) is 11.7. The second-order valence-corrected chi connectivity index (χ2v) is 17.0. The van der Waals surface area contributed by atoms with Gasteiger partial charge in [0.05, 0.1) is 6.54 Å². The highest BCUT2D eigenvalue weighted by Crippen LogP contribution is 2.33. The van der Waals surface area contributed by atoms with E-state index < -0.39 is 59.7 Å². The number of nitrogens with zero attached hydrogens (tertiary/aromatic N) is 2. The van der Waals surface area contributed by atoms with Crippen molar-refractivity contribution in [1.29, 1.82) is 0 Å². The van der Waals surface area contributed by atoms with Gasteiger partial charge < -0.3 is 53.7 Å². The third kappa shape index (κ3) is 14.0. The van der Waals surface area contributed by atoms with Crippen molar-refractivity contribution in [3.63, 3.8) is 0 Å². The molecule has 6 amide bonds. The quantitative estimate of drug-likeness (QED) is 0.0300. The molecule has 5 rings (SSSR count). The average Bonchev–Trinajstić information content (AvgIpc) is 3.70. The number of anilines is 1. The standard InChI is InChI=1S/C48H65N11O6/c1-4-5-21-42(61)58-48(22-25-59(26-23-48)40-20-12-10-16-34(40)31(2)3)46(65)57-38(27-32-14-7-6-8-15-32)45(64)55-37(19-13-24-52-47(50)51)44(63)56-39(43(62)54-30-41(49)60)28-33-29-53-36-18-11-9-17-35(33)36/h6-12,14-18,20,29,31,37-39,53H,4-5,13,19,21-28,30H2,1-3H3,(H2,49,60)(H,54,62)(H,55,64)(H,56,63)(H,57,65)(H,58,61)(H4,50,51,52). The van der Waals surface area contributed by atoms with Crippen LogP contribution in [-0.4, -0.2) is 96.2 Å². The fourth-order valence-electron chi connectivity index (χ4n) is 8.17. The lowest BCUT2D eigenvalue weighted by atomic mass is 9.84. The van der Waals surface area contributed by atoms with Gasteiger partial charge >= 0.3 is 0 Å². The smallest absolute Gasteiger partial charge is 0.246 e. The van der Waals surface area contributed by atoms with E-state index in [0.29, 0.717) is 19.5 Å². The molecule has 0 saturated carbocycles. The van der Waals surface area contributed by atoms with Gasteiger partial charge in [0.2, 0.25) is 35.4 Å². The lowest BCUT2D eigenvalue weighted by molar-refractivity contribution is -0.138. The number of amides is 6. The molecule has 1 saturated heterocycles. The molecule has 17 heteroatoms. The van der Waals surface area contributed by atoms with Crippen molar-refractivity contribution in [2.45, 2.75) is 108 Å². The molecule has 0 bridgehead atoms. The number of rotatable bonds is 23. The first kappa shape index (κ1) is 49.1. The zero-order chi connectivity index (χ0) is 46.9. The lowest BCUT2D eigenvalue weighted by Gasteiger charge is -2.43. The van der Waals surface area contributed by atoms with E-state index in [4.69, 9.17) is 17.2 Å². The monoisotopic (exact) mass is 892 g/mol. The Labute approximate surface area is 380 Å². The fourth-order valence-corrected chi connectivity index (χ4v) is 8.17. The Morgan fingerprint density at radius 1 is 0.769 bits per heavy atom. The summed E-state index contributed by atoms with van der Waals surface area (Å²) in [5.41, 5.74) is 19.7. The van der Waals surface area contributed by atoms with Crippen molar-refractivity contribution in [3.05, 3.63) is 102 Å². The number of hydrogen-bond acceptors (Lipinski definition) is 8. The first-order chi connectivity index (χ1) is 31.2. The summed E-state index contributed by atoms with van der Waals surface area (Å²) in [5.74, 6) is -3.41. The number of para-hydroxylation sites is 2. The van der Waals surface area contributed by atoms with Crippen LogP contribution in [0.15, 0.2) is 90.1 Å². The number of hydrogen-bond donors (Lipinski definition) is 9. The van der Waals surface area contributed by atoms with Crippen molar-refractivity contribution in [3.8, 4) is 0 Å². The summed E-state index contributed by atoms with van der Waals surface area (Å²) in [4.78, 5) is 91.9. The Bertz CT molecular complexity index is 2280. The molecule has 1 aromatic heterocycles. The van der Waals surface area contributed by atoms with Crippen molar-refractivity contribution in [2.24, 2.45) is 22.2 Å². The van der Waals surface area contributed by atoms with E-state index in [-0.39, 0.29) is 69.3 Å². The van der Waals surface area contributed by atoms with Crippen LogP contribution in [-0.2, 0) is 41.6 Å². The number of H-pyrrole nitrogens is 1. The van der Waals surface area contributed by atoms with Gasteiger partial charge in [0.15, 0.2) is 5.96 Å². The van der Waals surface area contributed by atoms with E-state index in [2.05, 4.69) is 67.4 Å². The molecule has 12 N–H and O–H groups in total. The van der Waals surface area contributed by atoms with Crippen molar-refractivity contribution >= 4 is 58.0 Å². The number of aromatic amines is 1. The number of carbonyl (C=O) groups excluding carboxylic acids is 6. The number of unbranched alkanes of at least 4 members (excludes halogenated alkanes) is 1. The summed E-state index contributed by atoms with van der Waals surface area (Å²) in [7, 11) is 0. The molecule has 348 valence electrons. The largest absolute Gasteiger partial charge is 0.371 e. The van der Waals surface area contributed by atoms with E-state index >= 15 is 0 Å².